The molecule has 0 aliphatic rings. The fraction of sp³-hybridized carbons (Fsp3) is 0.188. The van der Waals surface area contributed by atoms with E-state index in [1.165, 1.54) is 0 Å². The Morgan fingerprint density at radius 1 is 1.25 bits per heavy atom. The van der Waals surface area contributed by atoms with Gasteiger partial charge in [-0.1, -0.05) is 18.2 Å². The molecule has 0 heterocycles. The summed E-state index contributed by atoms with van der Waals surface area (Å²) >= 11 is 5.78. The van der Waals surface area contributed by atoms with Crippen LogP contribution >= 0.6 is 11.6 Å². The lowest BCUT2D eigenvalue weighted by atomic mass is 10.1. The average molecular weight is 290 g/mol. The summed E-state index contributed by atoms with van der Waals surface area (Å²) in [6.07, 6.45) is 0. The Bertz CT molecular complexity index is 626. The number of carbonyl (C=O) groups is 1. The van der Waals surface area contributed by atoms with Crippen molar-refractivity contribution in [2.75, 3.05) is 12.4 Å². The zero-order valence-corrected chi connectivity index (χ0v) is 12.2. The first-order valence-corrected chi connectivity index (χ1v) is 6.78. The third kappa shape index (κ3) is 3.31. The molecule has 4 heteroatoms. The highest BCUT2D eigenvalue weighted by Crippen LogP contribution is 2.25. The topological polar surface area (TPSA) is 38.3 Å². The maximum absolute atomic E-state index is 12.2. The molecule has 1 amide bonds. The van der Waals surface area contributed by atoms with Gasteiger partial charge < -0.3 is 10.1 Å². The molecule has 0 aliphatic carbocycles. The van der Waals surface area contributed by atoms with E-state index in [4.69, 9.17) is 16.3 Å². The van der Waals surface area contributed by atoms with Crippen molar-refractivity contribution >= 4 is 23.2 Å². The van der Waals surface area contributed by atoms with Gasteiger partial charge in [0.05, 0.1) is 12.8 Å². The van der Waals surface area contributed by atoms with Crippen LogP contribution in [0.1, 0.15) is 21.5 Å². The summed E-state index contributed by atoms with van der Waals surface area (Å²) in [6, 6.07) is 12.9. The molecule has 0 unspecified atom stereocenters. The molecule has 0 bridgehead atoms. The van der Waals surface area contributed by atoms with Crippen LogP contribution in [0, 0.1) is 6.92 Å². The predicted octanol–water partition coefficient (Wildman–Crippen LogP) is 3.99. The number of hydrogen-bond donors (Lipinski definition) is 1. The van der Waals surface area contributed by atoms with Gasteiger partial charge in [-0.15, -0.1) is 11.6 Å². The normalized spacial score (nSPS) is 10.2. The van der Waals surface area contributed by atoms with E-state index in [9.17, 15) is 4.79 Å². The van der Waals surface area contributed by atoms with Crippen LogP contribution in [0.4, 0.5) is 5.69 Å². The molecule has 0 aromatic heterocycles. The summed E-state index contributed by atoms with van der Waals surface area (Å²) in [5.41, 5.74) is 3.21. The van der Waals surface area contributed by atoms with E-state index in [1.807, 2.05) is 37.3 Å². The summed E-state index contributed by atoms with van der Waals surface area (Å²) in [5, 5.41) is 2.85. The van der Waals surface area contributed by atoms with Crippen LogP contribution in [0.3, 0.4) is 0 Å². The predicted molar refractivity (Wildman–Crippen MR) is 81.7 cm³/mol. The van der Waals surface area contributed by atoms with Gasteiger partial charge in [0.2, 0.25) is 0 Å². The van der Waals surface area contributed by atoms with Gasteiger partial charge in [-0.2, -0.15) is 0 Å². The Kier molecular flexibility index (Phi) is 4.64. The molecule has 0 atom stereocenters. The lowest BCUT2D eigenvalue weighted by Crippen LogP contribution is -2.12. The average Bonchev–Trinajstić information content (AvgIpc) is 2.49. The minimum Gasteiger partial charge on any atom is -0.495 e. The van der Waals surface area contributed by atoms with Crippen molar-refractivity contribution in [1.82, 2.24) is 0 Å². The second-order valence-electron chi connectivity index (χ2n) is 4.49. The number of anilines is 1. The zero-order chi connectivity index (χ0) is 14.5. The van der Waals surface area contributed by atoms with Crippen LogP contribution in [0.15, 0.2) is 42.5 Å². The van der Waals surface area contributed by atoms with Crippen molar-refractivity contribution in [3.8, 4) is 5.75 Å². The smallest absolute Gasteiger partial charge is 0.255 e. The van der Waals surface area contributed by atoms with E-state index in [0.717, 1.165) is 11.1 Å². The van der Waals surface area contributed by atoms with E-state index in [1.54, 1.807) is 19.2 Å². The second kappa shape index (κ2) is 6.44. The van der Waals surface area contributed by atoms with Gasteiger partial charge in [-0.25, -0.2) is 0 Å². The number of halogens is 1. The highest BCUT2D eigenvalue weighted by Gasteiger charge is 2.10. The van der Waals surface area contributed by atoms with Crippen LogP contribution < -0.4 is 10.1 Å². The van der Waals surface area contributed by atoms with E-state index in [0.29, 0.717) is 22.9 Å². The summed E-state index contributed by atoms with van der Waals surface area (Å²) in [5.74, 6) is 0.848. The first kappa shape index (κ1) is 14.4. The molecule has 2 aromatic rings. The molecule has 1 N–H and O–H groups in total. The number of rotatable bonds is 4. The van der Waals surface area contributed by atoms with Gasteiger partial charge in [0.1, 0.15) is 5.75 Å². The first-order chi connectivity index (χ1) is 9.63. The highest BCUT2D eigenvalue weighted by atomic mass is 35.5. The standard InChI is InChI=1S/C16H16ClNO2/c1-11-6-7-14(15(8-11)20-2)18-16(19)13-5-3-4-12(9-13)10-17/h3-9H,10H2,1-2H3,(H,18,19). The van der Waals surface area contributed by atoms with Gasteiger partial charge in [-0.3, -0.25) is 4.79 Å². The number of amides is 1. The minimum atomic E-state index is -0.181. The van der Waals surface area contributed by atoms with Crippen molar-refractivity contribution in [3.05, 3.63) is 59.2 Å². The lowest BCUT2D eigenvalue weighted by Gasteiger charge is -2.11. The van der Waals surface area contributed by atoms with Gasteiger partial charge in [-0.05, 0) is 42.3 Å². The molecule has 2 aromatic carbocycles. The Morgan fingerprint density at radius 2 is 2.05 bits per heavy atom. The molecular formula is C16H16ClNO2. The largest absolute Gasteiger partial charge is 0.495 e. The lowest BCUT2D eigenvalue weighted by molar-refractivity contribution is 0.102. The number of alkyl halides is 1. The molecular weight excluding hydrogens is 274 g/mol. The molecule has 20 heavy (non-hydrogen) atoms. The first-order valence-electron chi connectivity index (χ1n) is 6.25. The Hall–Kier alpha value is -2.00. The number of benzene rings is 2. The van der Waals surface area contributed by atoms with Crippen molar-refractivity contribution in [2.45, 2.75) is 12.8 Å². The van der Waals surface area contributed by atoms with Crippen LogP contribution in [0.25, 0.3) is 0 Å². The van der Waals surface area contributed by atoms with Crippen LogP contribution in [-0.2, 0) is 5.88 Å². The van der Waals surface area contributed by atoms with Crippen LogP contribution in [0.2, 0.25) is 0 Å². The van der Waals surface area contributed by atoms with Crippen molar-refractivity contribution in [1.29, 1.82) is 0 Å². The zero-order valence-electron chi connectivity index (χ0n) is 11.4. The van der Waals surface area contributed by atoms with Gasteiger partial charge in [0.15, 0.2) is 0 Å². The molecule has 0 aliphatic heterocycles. The van der Waals surface area contributed by atoms with Crippen molar-refractivity contribution < 1.29 is 9.53 Å². The Morgan fingerprint density at radius 3 is 2.75 bits per heavy atom. The second-order valence-corrected chi connectivity index (χ2v) is 4.76. The number of hydrogen-bond acceptors (Lipinski definition) is 2. The molecule has 0 spiro atoms. The number of carbonyl (C=O) groups excluding carboxylic acids is 1. The molecule has 2 rings (SSSR count). The van der Waals surface area contributed by atoms with Crippen LogP contribution in [0.5, 0.6) is 5.75 Å². The van der Waals surface area contributed by atoms with E-state index < -0.39 is 0 Å². The fourth-order valence-electron chi connectivity index (χ4n) is 1.89. The molecule has 0 saturated carbocycles. The molecule has 3 nitrogen and oxygen atoms in total. The number of ether oxygens (including phenoxy) is 1. The molecule has 0 radical (unpaired) electrons. The van der Waals surface area contributed by atoms with Gasteiger partial charge >= 0.3 is 0 Å². The van der Waals surface area contributed by atoms with Gasteiger partial charge in [0.25, 0.3) is 5.91 Å². The maximum atomic E-state index is 12.2. The molecule has 0 saturated heterocycles. The molecule has 104 valence electrons. The highest BCUT2D eigenvalue weighted by molar-refractivity contribution is 6.17. The third-order valence-electron chi connectivity index (χ3n) is 2.95. The number of aryl methyl sites for hydroxylation is 1. The van der Waals surface area contributed by atoms with Crippen molar-refractivity contribution in [3.63, 3.8) is 0 Å². The SMILES string of the molecule is COc1cc(C)ccc1NC(=O)c1cccc(CCl)c1. The summed E-state index contributed by atoms with van der Waals surface area (Å²) in [7, 11) is 1.58. The minimum absolute atomic E-state index is 0.181. The summed E-state index contributed by atoms with van der Waals surface area (Å²) < 4.78 is 5.27. The Labute approximate surface area is 123 Å². The monoisotopic (exact) mass is 289 g/mol. The van der Waals surface area contributed by atoms with E-state index in [2.05, 4.69) is 5.32 Å². The Balaban J connectivity index is 2.23. The number of methoxy groups -OCH3 is 1. The fourth-order valence-corrected chi connectivity index (χ4v) is 2.06. The van der Waals surface area contributed by atoms with Gasteiger partial charge in [0, 0.05) is 11.4 Å². The van der Waals surface area contributed by atoms with E-state index >= 15 is 0 Å². The third-order valence-corrected chi connectivity index (χ3v) is 3.26. The van der Waals surface area contributed by atoms with Crippen molar-refractivity contribution in [2.24, 2.45) is 0 Å². The quantitative estimate of drug-likeness (QED) is 0.864. The molecule has 0 fully saturated rings. The van der Waals surface area contributed by atoms with E-state index in [-0.39, 0.29) is 5.91 Å². The van der Waals surface area contributed by atoms with Crippen LogP contribution in [-0.4, -0.2) is 13.0 Å². The number of nitrogens with one attached hydrogen (secondary N) is 1. The summed E-state index contributed by atoms with van der Waals surface area (Å²) in [6.45, 7) is 1.97. The summed E-state index contributed by atoms with van der Waals surface area (Å²) in [4.78, 5) is 12.2. The maximum Gasteiger partial charge on any atom is 0.255 e.